The van der Waals surface area contributed by atoms with Crippen LogP contribution in [0.15, 0.2) is 36.4 Å². The van der Waals surface area contributed by atoms with Gasteiger partial charge in [0.15, 0.2) is 0 Å². The second kappa shape index (κ2) is 11.5. The van der Waals surface area contributed by atoms with Crippen molar-refractivity contribution in [1.29, 1.82) is 0 Å². The molecule has 1 fully saturated rings. The molecule has 0 saturated carbocycles. The molecule has 2 heterocycles. The van der Waals surface area contributed by atoms with Crippen molar-refractivity contribution in [1.82, 2.24) is 10.6 Å². The quantitative estimate of drug-likeness (QED) is 0.455. The van der Waals surface area contributed by atoms with E-state index in [-0.39, 0.29) is 28.2 Å². The molecule has 2 N–H and O–H groups in total. The van der Waals surface area contributed by atoms with Gasteiger partial charge in [0, 0.05) is 29.1 Å². The number of hydrogen-bond acceptors (Lipinski definition) is 5. The fraction of sp³-hybridized carbons (Fsp3) is 0.458. The Morgan fingerprint density at radius 1 is 1.16 bits per heavy atom. The van der Waals surface area contributed by atoms with E-state index in [4.69, 9.17) is 0 Å². The van der Waals surface area contributed by atoms with Gasteiger partial charge < -0.3 is 5.32 Å². The Balaban J connectivity index is 1.66. The fourth-order valence-corrected chi connectivity index (χ4v) is 5.84. The van der Waals surface area contributed by atoms with Gasteiger partial charge in [-0.3, -0.25) is 19.7 Å². The van der Waals surface area contributed by atoms with Gasteiger partial charge in [0.1, 0.15) is 0 Å². The van der Waals surface area contributed by atoms with E-state index in [1.807, 2.05) is 12.1 Å². The number of carbonyl (C=O) groups is 3. The summed E-state index contributed by atoms with van der Waals surface area (Å²) < 4.78 is 0. The highest BCUT2D eigenvalue weighted by atomic mass is 32.2. The molecular weight excluding hydrogens is 428 g/mol. The summed E-state index contributed by atoms with van der Waals surface area (Å²) in [6.45, 7) is 2.19. The van der Waals surface area contributed by atoms with E-state index in [2.05, 4.69) is 41.8 Å². The van der Waals surface area contributed by atoms with Gasteiger partial charge in [-0.1, -0.05) is 68.6 Å². The topological polar surface area (TPSA) is 75.3 Å². The van der Waals surface area contributed by atoms with Crippen LogP contribution in [0.25, 0.3) is 10.4 Å². The molecule has 166 valence electrons. The molecule has 3 amide bonds. The molecule has 0 bridgehead atoms. The van der Waals surface area contributed by atoms with E-state index >= 15 is 0 Å². The van der Waals surface area contributed by atoms with Gasteiger partial charge in [0.25, 0.3) is 5.24 Å². The lowest BCUT2D eigenvalue weighted by Crippen LogP contribution is -2.28. The zero-order chi connectivity index (χ0) is 22.2. The maximum Gasteiger partial charge on any atom is 0.286 e. The molecule has 2 aromatic rings. The summed E-state index contributed by atoms with van der Waals surface area (Å²) in [5.41, 5.74) is 2.28. The Morgan fingerprint density at radius 2 is 2.00 bits per heavy atom. The van der Waals surface area contributed by atoms with Crippen LogP contribution in [0.4, 0.5) is 4.79 Å². The van der Waals surface area contributed by atoms with E-state index in [0.29, 0.717) is 6.42 Å². The number of unbranched alkanes of at least 4 members (excludes halogenated alkanes) is 3. The van der Waals surface area contributed by atoms with Crippen molar-refractivity contribution >= 4 is 40.2 Å². The van der Waals surface area contributed by atoms with Crippen LogP contribution in [0.1, 0.15) is 49.5 Å². The van der Waals surface area contributed by atoms with Crippen molar-refractivity contribution in [2.45, 2.75) is 57.1 Å². The number of hydrogen-bond donors (Lipinski definition) is 2. The normalized spacial score (nSPS) is 16.9. The van der Waals surface area contributed by atoms with Gasteiger partial charge in [0.2, 0.25) is 11.8 Å². The van der Waals surface area contributed by atoms with Crippen molar-refractivity contribution in [2.75, 3.05) is 7.05 Å². The minimum absolute atomic E-state index is 0.00792. The van der Waals surface area contributed by atoms with Crippen LogP contribution >= 0.6 is 23.1 Å². The Hall–Kier alpha value is -2.12. The van der Waals surface area contributed by atoms with Crippen LogP contribution in [-0.2, 0) is 22.4 Å². The molecule has 1 aromatic carbocycles. The first-order chi connectivity index (χ1) is 15.0. The molecule has 0 aliphatic carbocycles. The van der Waals surface area contributed by atoms with Crippen molar-refractivity contribution in [2.24, 2.45) is 5.92 Å². The summed E-state index contributed by atoms with van der Waals surface area (Å²) in [5, 5.41) is 4.56. The standard InChI is InChI=1S/C24H30N2O3S2/c1-3-4-5-6-9-18(22(27)25-2)14-16-8-7-10-17(13-16)20-12-11-19(30-20)15-21-23(28)26-24(29)31-21/h7-8,10-13,18,21H,3-6,9,14-15H2,1-2H3,(H,25,27)(H,26,28,29). The van der Waals surface area contributed by atoms with Crippen molar-refractivity contribution in [3.05, 3.63) is 46.8 Å². The van der Waals surface area contributed by atoms with Crippen LogP contribution in [0, 0.1) is 5.92 Å². The highest BCUT2D eigenvalue weighted by Crippen LogP contribution is 2.32. The molecule has 0 radical (unpaired) electrons. The average Bonchev–Trinajstić information content (AvgIpc) is 3.36. The van der Waals surface area contributed by atoms with Crippen molar-refractivity contribution in [3.63, 3.8) is 0 Å². The van der Waals surface area contributed by atoms with Crippen LogP contribution < -0.4 is 10.6 Å². The Bertz CT molecular complexity index is 925. The average molecular weight is 459 g/mol. The monoisotopic (exact) mass is 458 g/mol. The minimum Gasteiger partial charge on any atom is -0.359 e. The van der Waals surface area contributed by atoms with Crippen LogP contribution in [-0.4, -0.2) is 29.4 Å². The zero-order valence-corrected chi connectivity index (χ0v) is 19.7. The maximum atomic E-state index is 12.4. The molecule has 31 heavy (non-hydrogen) atoms. The lowest BCUT2D eigenvalue weighted by molar-refractivity contribution is -0.124. The summed E-state index contributed by atoms with van der Waals surface area (Å²) in [5.74, 6) is -0.0974. The number of imide groups is 1. The third kappa shape index (κ3) is 6.68. The van der Waals surface area contributed by atoms with E-state index in [9.17, 15) is 14.4 Å². The summed E-state index contributed by atoms with van der Waals surface area (Å²) in [6.07, 6.45) is 6.86. The lowest BCUT2D eigenvalue weighted by Gasteiger charge is -2.16. The van der Waals surface area contributed by atoms with Gasteiger partial charge in [-0.15, -0.1) is 11.3 Å². The van der Waals surface area contributed by atoms with E-state index < -0.39 is 0 Å². The molecule has 2 unspecified atom stereocenters. The molecule has 5 nitrogen and oxygen atoms in total. The predicted octanol–water partition coefficient (Wildman–Crippen LogP) is 5.18. The lowest BCUT2D eigenvalue weighted by atomic mass is 9.92. The highest BCUT2D eigenvalue weighted by molar-refractivity contribution is 8.15. The summed E-state index contributed by atoms with van der Waals surface area (Å²) in [7, 11) is 1.71. The van der Waals surface area contributed by atoms with E-state index in [1.54, 1.807) is 18.4 Å². The summed E-state index contributed by atoms with van der Waals surface area (Å²) >= 11 is 2.72. The van der Waals surface area contributed by atoms with Crippen LogP contribution in [0.3, 0.4) is 0 Å². The molecule has 2 atom stereocenters. The van der Waals surface area contributed by atoms with Gasteiger partial charge in [0.05, 0.1) is 5.25 Å². The first kappa shape index (κ1) is 23.5. The van der Waals surface area contributed by atoms with Crippen molar-refractivity contribution in [3.8, 4) is 10.4 Å². The highest BCUT2D eigenvalue weighted by Gasteiger charge is 2.31. The second-order valence-corrected chi connectivity index (χ2v) is 10.3. The number of nitrogens with one attached hydrogen (secondary N) is 2. The van der Waals surface area contributed by atoms with E-state index in [1.165, 1.54) is 19.3 Å². The third-order valence-electron chi connectivity index (χ3n) is 5.53. The Labute approximate surface area is 192 Å². The molecule has 0 spiro atoms. The van der Waals surface area contributed by atoms with Gasteiger partial charge in [-0.05, 0) is 36.1 Å². The number of carbonyl (C=O) groups excluding carboxylic acids is 3. The largest absolute Gasteiger partial charge is 0.359 e. The molecule has 7 heteroatoms. The zero-order valence-electron chi connectivity index (χ0n) is 18.1. The minimum atomic E-state index is -0.341. The Morgan fingerprint density at radius 3 is 2.71 bits per heavy atom. The summed E-state index contributed by atoms with van der Waals surface area (Å²) in [4.78, 5) is 37.8. The molecule has 1 aromatic heterocycles. The fourth-order valence-electron chi connectivity index (χ4n) is 3.84. The first-order valence-electron chi connectivity index (χ1n) is 10.9. The number of benzene rings is 1. The predicted molar refractivity (Wildman–Crippen MR) is 128 cm³/mol. The summed E-state index contributed by atoms with van der Waals surface area (Å²) in [6, 6.07) is 12.5. The first-order valence-corrected chi connectivity index (χ1v) is 12.6. The number of rotatable bonds is 11. The van der Waals surface area contributed by atoms with Crippen molar-refractivity contribution < 1.29 is 14.4 Å². The molecule has 3 rings (SSSR count). The number of amides is 3. The van der Waals surface area contributed by atoms with E-state index in [0.717, 1.165) is 51.9 Å². The molecule has 1 saturated heterocycles. The van der Waals surface area contributed by atoms with Crippen LogP contribution in [0.5, 0.6) is 0 Å². The molecule has 1 aliphatic rings. The number of thiophene rings is 1. The Kier molecular flexibility index (Phi) is 8.72. The second-order valence-electron chi connectivity index (χ2n) is 7.92. The number of thioether (sulfide) groups is 1. The van der Waals surface area contributed by atoms with Gasteiger partial charge in [-0.25, -0.2) is 0 Å². The molecular formula is C24H30N2O3S2. The van der Waals surface area contributed by atoms with Crippen LogP contribution in [0.2, 0.25) is 0 Å². The van der Waals surface area contributed by atoms with Gasteiger partial charge >= 0.3 is 0 Å². The SMILES string of the molecule is CCCCCCC(Cc1cccc(-c2ccc(CC3SC(=O)NC3=O)s2)c1)C(=O)NC. The van der Waals surface area contributed by atoms with Gasteiger partial charge in [-0.2, -0.15) is 0 Å². The third-order valence-corrected chi connectivity index (χ3v) is 7.67. The molecule has 1 aliphatic heterocycles. The maximum absolute atomic E-state index is 12.4. The smallest absolute Gasteiger partial charge is 0.286 e.